The molecule has 1 aromatic carbocycles. The van der Waals surface area contributed by atoms with Crippen molar-refractivity contribution in [2.45, 2.75) is 130 Å². The number of benzene rings is 1. The summed E-state index contributed by atoms with van der Waals surface area (Å²) in [4.78, 5) is 15.0. The molecule has 0 heterocycles. The maximum atomic E-state index is 12.4. The van der Waals surface area contributed by atoms with Gasteiger partial charge in [-0.2, -0.15) is 0 Å². The Morgan fingerprint density at radius 3 is 2.05 bits per heavy atom. The minimum absolute atomic E-state index is 0.0188. The van der Waals surface area contributed by atoms with Crippen LogP contribution in [-0.4, -0.2) is 50.2 Å². The highest BCUT2D eigenvalue weighted by Gasteiger charge is 2.18. The van der Waals surface area contributed by atoms with Crippen molar-refractivity contribution >= 4 is 12.0 Å². The molecule has 1 N–H and O–H groups in total. The van der Waals surface area contributed by atoms with Gasteiger partial charge in [-0.15, -0.1) is 0 Å². The number of hydrogen-bond acceptors (Lipinski definition) is 4. The Balaban J connectivity index is 1.81. The molecule has 0 unspecified atom stereocenters. The smallest absolute Gasteiger partial charge is 0.244 e. The zero-order valence-corrected chi connectivity index (χ0v) is 26.4. The summed E-state index contributed by atoms with van der Waals surface area (Å²) in [5.74, 6) is 2.23. The summed E-state index contributed by atoms with van der Waals surface area (Å²) in [5.41, 5.74) is 0.935. The fraction of sp³-hybridized carbons (Fsp3) is 0.743. The van der Waals surface area contributed by atoms with E-state index < -0.39 is 0 Å². The van der Waals surface area contributed by atoms with E-state index in [1.165, 1.54) is 89.9 Å². The first-order valence-corrected chi connectivity index (χ1v) is 16.6. The van der Waals surface area contributed by atoms with Crippen molar-refractivity contribution in [3.8, 4) is 11.5 Å². The molecule has 2 rings (SSSR count). The van der Waals surface area contributed by atoms with Crippen molar-refractivity contribution in [3.05, 3.63) is 29.8 Å². The topological polar surface area (TPSA) is 50.8 Å². The van der Waals surface area contributed by atoms with Gasteiger partial charge in [-0.05, 0) is 81.3 Å². The van der Waals surface area contributed by atoms with Crippen LogP contribution in [0.15, 0.2) is 24.3 Å². The summed E-state index contributed by atoms with van der Waals surface area (Å²) in [6.45, 7) is 10.8. The first-order valence-electron chi connectivity index (χ1n) is 16.6. The van der Waals surface area contributed by atoms with Crippen LogP contribution < -0.4 is 14.8 Å². The predicted molar refractivity (Wildman–Crippen MR) is 170 cm³/mol. The Kier molecular flexibility index (Phi) is 18.5. The molecule has 0 aliphatic heterocycles. The number of amides is 1. The maximum Gasteiger partial charge on any atom is 0.244 e. The van der Waals surface area contributed by atoms with Gasteiger partial charge < -0.3 is 14.8 Å². The largest absolute Gasteiger partial charge is 0.493 e. The van der Waals surface area contributed by atoms with Gasteiger partial charge in [-0.3, -0.25) is 9.69 Å². The summed E-state index contributed by atoms with van der Waals surface area (Å²) in [6.07, 6.45) is 24.0. The van der Waals surface area contributed by atoms with E-state index in [2.05, 4.69) is 31.0 Å². The summed E-state index contributed by atoms with van der Waals surface area (Å²) in [5, 5.41) is 3.16. The molecule has 0 aromatic heterocycles. The van der Waals surface area contributed by atoms with E-state index in [9.17, 15) is 4.79 Å². The SMILES string of the molecule is CCCCCCCCN(CCCCCCCC)CCOc1ccc(C=CC(=O)NC2CCC(C)CC2)cc1OC. The zero-order valence-electron chi connectivity index (χ0n) is 26.4. The van der Waals surface area contributed by atoms with E-state index in [4.69, 9.17) is 9.47 Å². The van der Waals surface area contributed by atoms with Crippen LogP contribution in [0.1, 0.15) is 129 Å². The van der Waals surface area contributed by atoms with Gasteiger partial charge in [0.05, 0.1) is 7.11 Å². The highest BCUT2D eigenvalue weighted by molar-refractivity contribution is 5.92. The number of rotatable bonds is 22. The van der Waals surface area contributed by atoms with Crippen LogP contribution >= 0.6 is 0 Å². The molecular weight excluding hydrogens is 496 g/mol. The number of methoxy groups -OCH3 is 1. The van der Waals surface area contributed by atoms with Crippen LogP contribution in [-0.2, 0) is 4.79 Å². The highest BCUT2D eigenvalue weighted by atomic mass is 16.5. The molecule has 1 fully saturated rings. The highest BCUT2D eigenvalue weighted by Crippen LogP contribution is 2.29. The predicted octanol–water partition coefficient (Wildman–Crippen LogP) is 8.81. The molecule has 40 heavy (non-hydrogen) atoms. The monoisotopic (exact) mass is 556 g/mol. The Bertz CT molecular complexity index is 801. The molecule has 1 aromatic rings. The fourth-order valence-electron chi connectivity index (χ4n) is 5.58. The number of ether oxygens (including phenoxy) is 2. The average molecular weight is 557 g/mol. The van der Waals surface area contributed by atoms with Crippen molar-refractivity contribution < 1.29 is 14.3 Å². The molecule has 5 nitrogen and oxygen atoms in total. The minimum Gasteiger partial charge on any atom is -0.493 e. The Labute approximate surface area is 246 Å². The lowest BCUT2D eigenvalue weighted by Crippen LogP contribution is -2.36. The van der Waals surface area contributed by atoms with Crippen molar-refractivity contribution in [3.63, 3.8) is 0 Å². The van der Waals surface area contributed by atoms with Gasteiger partial charge >= 0.3 is 0 Å². The first kappa shape index (κ1) is 34.2. The average Bonchev–Trinajstić information content (AvgIpc) is 2.96. The summed E-state index contributed by atoms with van der Waals surface area (Å²) >= 11 is 0. The summed E-state index contributed by atoms with van der Waals surface area (Å²) in [7, 11) is 1.68. The van der Waals surface area contributed by atoms with Crippen LogP contribution in [0.25, 0.3) is 6.08 Å². The van der Waals surface area contributed by atoms with Crippen molar-refractivity contribution in [2.24, 2.45) is 5.92 Å². The molecule has 1 aliphatic rings. The van der Waals surface area contributed by atoms with Crippen molar-refractivity contribution in [2.75, 3.05) is 33.4 Å². The van der Waals surface area contributed by atoms with Crippen LogP contribution in [0.5, 0.6) is 11.5 Å². The van der Waals surface area contributed by atoms with Crippen LogP contribution in [0.2, 0.25) is 0 Å². The van der Waals surface area contributed by atoms with E-state index in [1.807, 2.05) is 24.3 Å². The summed E-state index contributed by atoms with van der Waals surface area (Å²) in [6, 6.07) is 6.21. The van der Waals surface area contributed by atoms with Gasteiger partial charge in [-0.1, -0.05) is 91.0 Å². The molecule has 0 saturated heterocycles. The van der Waals surface area contributed by atoms with Gasteiger partial charge in [0.2, 0.25) is 5.91 Å². The van der Waals surface area contributed by atoms with Gasteiger partial charge in [0, 0.05) is 18.7 Å². The van der Waals surface area contributed by atoms with E-state index in [0.29, 0.717) is 18.4 Å². The molecule has 0 bridgehead atoms. The van der Waals surface area contributed by atoms with Gasteiger partial charge in [-0.25, -0.2) is 0 Å². The van der Waals surface area contributed by atoms with Crippen LogP contribution in [0, 0.1) is 5.92 Å². The zero-order chi connectivity index (χ0) is 28.8. The number of carbonyl (C=O) groups is 1. The number of nitrogens with one attached hydrogen (secondary N) is 1. The quantitative estimate of drug-likeness (QED) is 0.114. The number of carbonyl (C=O) groups excluding carboxylic acids is 1. The first-order chi connectivity index (χ1) is 19.5. The Hall–Kier alpha value is -2.01. The molecule has 1 saturated carbocycles. The van der Waals surface area contributed by atoms with E-state index in [1.54, 1.807) is 13.2 Å². The standard InChI is InChI=1S/C35H60N2O3/c1-5-7-9-11-13-15-25-37(26-16-14-12-10-8-6-2)27-28-40-33-23-19-31(29-34(33)39-4)20-24-35(38)36-32-21-17-30(3)18-22-32/h19-20,23-24,29-30,32H,5-18,21-22,25-28H2,1-4H3,(H,36,38). The molecule has 228 valence electrons. The van der Waals surface area contributed by atoms with Gasteiger partial charge in [0.1, 0.15) is 6.61 Å². The molecule has 0 atom stereocenters. The lowest BCUT2D eigenvalue weighted by molar-refractivity contribution is -0.117. The second kappa shape index (κ2) is 21.7. The van der Waals surface area contributed by atoms with Crippen molar-refractivity contribution in [1.82, 2.24) is 10.2 Å². The van der Waals surface area contributed by atoms with Crippen molar-refractivity contribution in [1.29, 1.82) is 0 Å². The second-order valence-electron chi connectivity index (χ2n) is 11.9. The third-order valence-corrected chi connectivity index (χ3v) is 8.30. The van der Waals surface area contributed by atoms with Gasteiger partial charge in [0.15, 0.2) is 11.5 Å². The van der Waals surface area contributed by atoms with Crippen LogP contribution in [0.4, 0.5) is 0 Å². The number of unbranched alkanes of at least 4 members (excludes halogenated alkanes) is 10. The third-order valence-electron chi connectivity index (χ3n) is 8.30. The third kappa shape index (κ3) is 15.1. The molecule has 0 radical (unpaired) electrons. The number of nitrogens with zero attached hydrogens (tertiary/aromatic N) is 1. The lowest BCUT2D eigenvalue weighted by atomic mass is 9.87. The molecule has 1 amide bonds. The van der Waals surface area contributed by atoms with Gasteiger partial charge in [0.25, 0.3) is 0 Å². The van der Waals surface area contributed by atoms with Crippen LogP contribution in [0.3, 0.4) is 0 Å². The Morgan fingerprint density at radius 1 is 0.850 bits per heavy atom. The molecule has 5 heteroatoms. The molecule has 1 aliphatic carbocycles. The maximum absolute atomic E-state index is 12.4. The fourth-order valence-corrected chi connectivity index (χ4v) is 5.58. The molecule has 0 spiro atoms. The normalized spacial score (nSPS) is 17.4. The molecular formula is C35H60N2O3. The van der Waals surface area contributed by atoms with E-state index >= 15 is 0 Å². The second-order valence-corrected chi connectivity index (χ2v) is 11.9. The summed E-state index contributed by atoms with van der Waals surface area (Å²) < 4.78 is 11.8. The number of hydrogen-bond donors (Lipinski definition) is 1. The lowest BCUT2D eigenvalue weighted by Gasteiger charge is -2.26. The van der Waals surface area contributed by atoms with E-state index in [0.717, 1.165) is 49.7 Å². The van der Waals surface area contributed by atoms with E-state index in [-0.39, 0.29) is 5.91 Å². The Morgan fingerprint density at radius 2 is 1.45 bits per heavy atom. The minimum atomic E-state index is -0.0188.